The Bertz CT molecular complexity index is 1770. The van der Waals surface area contributed by atoms with Crippen molar-refractivity contribution in [3.05, 3.63) is 89.5 Å². The molecule has 2 aromatic carbocycles. The number of amides is 4. The standard InChI is InChI=1S/C36H43N9O3/c1-8-9-13-29-28-12-10-11-14-31(28)43(6)35(47)30(42-29)18-33(46)41-27-16-15-24(4)32(17-27)45-21-26(19-37)34(44(7)36(45)48)40-22-39-25(5)20-38-23(2)3/h8,10-12,14-17,19-20,22,30,37H,1,9,13,18,21H2,2-7H3,(H,39,40)(H,41,46)/b25-20+,37-19?/t30-/m0/s1. The quantitative estimate of drug-likeness (QED) is 0.151. The highest BCUT2D eigenvalue weighted by molar-refractivity contribution is 6.13. The van der Waals surface area contributed by atoms with Gasteiger partial charge < -0.3 is 20.9 Å². The molecule has 250 valence electrons. The van der Waals surface area contributed by atoms with Crippen LogP contribution in [0.15, 0.2) is 93.4 Å². The lowest BCUT2D eigenvalue weighted by molar-refractivity contribution is -0.123. The summed E-state index contributed by atoms with van der Waals surface area (Å²) in [6.07, 6.45) is 7.26. The molecule has 12 nitrogen and oxygen atoms in total. The zero-order valence-corrected chi connectivity index (χ0v) is 28.4. The number of rotatable bonds is 12. The summed E-state index contributed by atoms with van der Waals surface area (Å²) in [7, 11) is 3.30. The smallest absolute Gasteiger partial charge is 0.330 e. The summed E-state index contributed by atoms with van der Waals surface area (Å²) in [5.74, 6) is -0.310. The van der Waals surface area contributed by atoms with Crippen molar-refractivity contribution in [2.45, 2.75) is 53.0 Å². The second-order valence-electron chi connectivity index (χ2n) is 11.8. The Hall–Kier alpha value is -5.65. The third-order valence-electron chi connectivity index (χ3n) is 7.87. The minimum atomic E-state index is -0.902. The first kappa shape index (κ1) is 35.2. The van der Waals surface area contributed by atoms with Crippen molar-refractivity contribution in [3.63, 3.8) is 0 Å². The zero-order chi connectivity index (χ0) is 35.0. The number of fused-ring (bicyclic) bond motifs is 1. The topological polar surface area (TPSA) is 146 Å². The van der Waals surface area contributed by atoms with Crippen LogP contribution in [0.3, 0.4) is 0 Å². The molecule has 48 heavy (non-hydrogen) atoms. The van der Waals surface area contributed by atoms with Crippen molar-refractivity contribution in [1.82, 2.24) is 10.2 Å². The van der Waals surface area contributed by atoms with Gasteiger partial charge in [-0.25, -0.2) is 9.79 Å². The maximum absolute atomic E-state index is 13.6. The molecule has 0 spiro atoms. The van der Waals surface area contributed by atoms with Crippen molar-refractivity contribution < 1.29 is 14.4 Å². The number of allylic oxidation sites excluding steroid dienone is 2. The van der Waals surface area contributed by atoms with Crippen LogP contribution >= 0.6 is 0 Å². The van der Waals surface area contributed by atoms with Gasteiger partial charge in [-0.05, 0) is 64.3 Å². The molecular formula is C36H43N9O3. The van der Waals surface area contributed by atoms with Crippen LogP contribution < -0.4 is 20.4 Å². The summed E-state index contributed by atoms with van der Waals surface area (Å²) in [6.45, 7) is 11.4. The molecule has 2 aliphatic heterocycles. The summed E-state index contributed by atoms with van der Waals surface area (Å²) in [4.78, 5) is 58.3. The van der Waals surface area contributed by atoms with Gasteiger partial charge in [0, 0.05) is 60.5 Å². The Morgan fingerprint density at radius 1 is 1.10 bits per heavy atom. The van der Waals surface area contributed by atoms with Crippen molar-refractivity contribution in [2.75, 3.05) is 35.8 Å². The number of carbonyl (C=O) groups excluding carboxylic acids is 3. The van der Waals surface area contributed by atoms with Crippen LogP contribution in [0.2, 0.25) is 0 Å². The van der Waals surface area contributed by atoms with Crippen LogP contribution in [0.5, 0.6) is 0 Å². The number of likely N-dealkylation sites (N-methyl/N-ethyl adjacent to an activating group) is 1. The number of urea groups is 1. The number of carbonyl (C=O) groups is 3. The van der Waals surface area contributed by atoms with Gasteiger partial charge in [-0.1, -0.05) is 30.3 Å². The highest BCUT2D eigenvalue weighted by Crippen LogP contribution is 2.31. The summed E-state index contributed by atoms with van der Waals surface area (Å²) in [5.41, 5.74) is 6.41. The number of benzodiazepines with no additional fused rings is 1. The molecule has 0 saturated carbocycles. The second-order valence-corrected chi connectivity index (χ2v) is 11.8. The number of aryl methyl sites for hydroxylation is 1. The Balaban J connectivity index is 1.53. The fraction of sp³-hybridized carbons (Fsp3) is 0.306. The Morgan fingerprint density at radius 3 is 2.56 bits per heavy atom. The number of anilines is 3. The molecule has 0 aliphatic carbocycles. The molecule has 1 atom stereocenters. The summed E-state index contributed by atoms with van der Waals surface area (Å²) < 4.78 is 0. The van der Waals surface area contributed by atoms with Gasteiger partial charge in [-0.2, -0.15) is 0 Å². The fourth-order valence-electron chi connectivity index (χ4n) is 5.32. The molecule has 4 amide bonds. The van der Waals surface area contributed by atoms with E-state index < -0.39 is 6.04 Å². The number of aliphatic imine (C=N–C) groups is 3. The van der Waals surface area contributed by atoms with Gasteiger partial charge in [0.05, 0.1) is 30.7 Å². The molecule has 0 fully saturated rings. The van der Waals surface area contributed by atoms with E-state index in [1.807, 2.05) is 58.0 Å². The summed E-state index contributed by atoms with van der Waals surface area (Å²) >= 11 is 0. The van der Waals surface area contributed by atoms with Crippen LogP contribution in [0.1, 0.15) is 51.2 Å². The van der Waals surface area contributed by atoms with E-state index in [0.717, 1.165) is 33.9 Å². The highest BCUT2D eigenvalue weighted by Gasteiger charge is 2.32. The average molecular weight is 650 g/mol. The monoisotopic (exact) mass is 649 g/mol. The minimum Gasteiger partial charge on any atom is -0.349 e. The third-order valence-corrected chi connectivity index (χ3v) is 7.87. The first-order valence-corrected chi connectivity index (χ1v) is 15.7. The predicted molar refractivity (Wildman–Crippen MR) is 195 cm³/mol. The number of para-hydroxylation sites is 1. The SMILES string of the molecule is C=CCCC1=N[C@@H](CC(=O)Nc2ccc(C)c(N3CC(C=N)=C(/N=C/N/C(C)=C/N=C(C)C)N(C)C3=O)c2)C(=O)N(C)c2ccccc21. The second kappa shape index (κ2) is 15.8. The fourth-order valence-corrected chi connectivity index (χ4v) is 5.32. The van der Waals surface area contributed by atoms with E-state index in [2.05, 4.69) is 27.2 Å². The van der Waals surface area contributed by atoms with Gasteiger partial charge in [-0.3, -0.25) is 29.4 Å². The molecule has 0 saturated heterocycles. The molecule has 0 unspecified atom stereocenters. The summed E-state index contributed by atoms with van der Waals surface area (Å²) in [6, 6.07) is 11.6. The average Bonchev–Trinajstić information content (AvgIpc) is 3.16. The maximum Gasteiger partial charge on any atom is 0.330 e. The number of nitrogens with one attached hydrogen (secondary N) is 3. The van der Waals surface area contributed by atoms with Crippen molar-refractivity contribution in [3.8, 4) is 0 Å². The Morgan fingerprint density at radius 2 is 1.85 bits per heavy atom. The lowest BCUT2D eigenvalue weighted by Crippen LogP contribution is -2.47. The van der Waals surface area contributed by atoms with Gasteiger partial charge in [0.25, 0.3) is 5.91 Å². The molecule has 2 aliphatic rings. The minimum absolute atomic E-state index is 0.109. The van der Waals surface area contributed by atoms with E-state index in [4.69, 9.17) is 10.4 Å². The normalized spacial score (nSPS) is 16.8. The largest absolute Gasteiger partial charge is 0.349 e. The number of hydrogen-bond acceptors (Lipinski definition) is 7. The molecule has 3 N–H and O–H groups in total. The van der Waals surface area contributed by atoms with E-state index in [1.165, 1.54) is 17.5 Å². The molecule has 0 radical (unpaired) electrons. The number of benzene rings is 2. The summed E-state index contributed by atoms with van der Waals surface area (Å²) in [5, 5.41) is 14.0. The molecule has 2 aromatic rings. The van der Waals surface area contributed by atoms with Crippen LogP contribution in [-0.4, -0.2) is 73.4 Å². The lowest BCUT2D eigenvalue weighted by atomic mass is 10.0. The van der Waals surface area contributed by atoms with Crippen LogP contribution in [0.4, 0.5) is 21.9 Å². The lowest BCUT2D eigenvalue weighted by Gasteiger charge is -2.35. The van der Waals surface area contributed by atoms with Crippen molar-refractivity contribution >= 4 is 58.9 Å². The molecule has 12 heteroatoms. The van der Waals surface area contributed by atoms with Crippen molar-refractivity contribution in [1.29, 1.82) is 5.41 Å². The number of nitrogens with zero attached hydrogens (tertiary/aromatic N) is 6. The van der Waals surface area contributed by atoms with Gasteiger partial charge in [0.15, 0.2) is 0 Å². The van der Waals surface area contributed by atoms with E-state index in [-0.39, 0.29) is 30.8 Å². The molecule has 2 heterocycles. The molecule has 0 bridgehead atoms. The zero-order valence-electron chi connectivity index (χ0n) is 28.4. The van der Waals surface area contributed by atoms with Crippen LogP contribution in [0, 0.1) is 12.3 Å². The van der Waals surface area contributed by atoms with Gasteiger partial charge in [-0.15, -0.1) is 6.58 Å². The van der Waals surface area contributed by atoms with Crippen LogP contribution in [0.25, 0.3) is 0 Å². The van der Waals surface area contributed by atoms with Crippen LogP contribution in [-0.2, 0) is 9.59 Å². The first-order valence-electron chi connectivity index (χ1n) is 15.7. The molecule has 4 rings (SSSR count). The van der Waals surface area contributed by atoms with E-state index >= 15 is 0 Å². The van der Waals surface area contributed by atoms with Gasteiger partial charge >= 0.3 is 6.03 Å². The third kappa shape index (κ3) is 8.19. The van der Waals surface area contributed by atoms with E-state index in [0.29, 0.717) is 35.6 Å². The molecular weight excluding hydrogens is 606 g/mol. The predicted octanol–water partition coefficient (Wildman–Crippen LogP) is 5.82. The highest BCUT2D eigenvalue weighted by atomic mass is 16.2. The Kier molecular flexibility index (Phi) is 11.6. The van der Waals surface area contributed by atoms with Gasteiger partial charge in [0.2, 0.25) is 5.91 Å². The maximum atomic E-state index is 13.6. The van der Waals surface area contributed by atoms with E-state index in [1.54, 1.807) is 48.3 Å². The van der Waals surface area contributed by atoms with Crippen molar-refractivity contribution in [2.24, 2.45) is 15.0 Å². The Labute approximate surface area is 281 Å². The number of hydrogen-bond donors (Lipinski definition) is 3. The van der Waals surface area contributed by atoms with E-state index in [9.17, 15) is 14.4 Å². The molecule has 0 aromatic heterocycles. The van der Waals surface area contributed by atoms with Gasteiger partial charge in [0.1, 0.15) is 11.9 Å². The first-order chi connectivity index (χ1) is 22.9.